The molecule has 0 saturated carbocycles. The van der Waals surface area contributed by atoms with Crippen molar-refractivity contribution in [1.82, 2.24) is 4.98 Å². The summed E-state index contributed by atoms with van der Waals surface area (Å²) in [7, 11) is 0. The van der Waals surface area contributed by atoms with Gasteiger partial charge in [-0.25, -0.2) is 4.98 Å². The Morgan fingerprint density at radius 3 is 2.35 bits per heavy atom. The fraction of sp³-hybridized carbons (Fsp3) is 0.182. The van der Waals surface area contributed by atoms with Gasteiger partial charge in [0.05, 0.1) is 11.9 Å². The first-order chi connectivity index (χ1) is 12.7. The normalized spacial score (nSPS) is 10.3. The van der Waals surface area contributed by atoms with Crippen LogP contribution in [0.3, 0.4) is 0 Å². The molecule has 26 heavy (non-hydrogen) atoms. The second kappa shape index (κ2) is 8.81. The number of aryl methyl sites for hydroxylation is 2. The summed E-state index contributed by atoms with van der Waals surface area (Å²) in [6.45, 7) is 2.88. The summed E-state index contributed by atoms with van der Waals surface area (Å²) >= 11 is 0. The van der Waals surface area contributed by atoms with Crippen molar-refractivity contribution in [1.29, 1.82) is 0 Å². The lowest BCUT2D eigenvalue weighted by Crippen LogP contribution is -2.13. The van der Waals surface area contributed by atoms with Crippen molar-refractivity contribution < 1.29 is 4.79 Å². The summed E-state index contributed by atoms with van der Waals surface area (Å²) < 4.78 is 0. The van der Waals surface area contributed by atoms with E-state index >= 15 is 0 Å². The molecule has 0 aliphatic carbocycles. The minimum atomic E-state index is -0.204. The maximum absolute atomic E-state index is 12.2. The van der Waals surface area contributed by atoms with E-state index in [-0.39, 0.29) is 5.91 Å². The number of anilines is 2. The lowest BCUT2D eigenvalue weighted by Gasteiger charge is -2.08. The van der Waals surface area contributed by atoms with E-state index in [2.05, 4.69) is 39.9 Å². The van der Waals surface area contributed by atoms with Crippen LogP contribution in [0.1, 0.15) is 28.0 Å². The number of carbonyl (C=O) groups excluding carboxylic acids is 1. The van der Waals surface area contributed by atoms with Gasteiger partial charge < -0.3 is 10.6 Å². The van der Waals surface area contributed by atoms with Crippen molar-refractivity contribution in [2.24, 2.45) is 0 Å². The number of hydrogen-bond donors (Lipinski definition) is 2. The molecule has 4 nitrogen and oxygen atoms in total. The van der Waals surface area contributed by atoms with E-state index in [4.69, 9.17) is 0 Å². The van der Waals surface area contributed by atoms with Crippen LogP contribution >= 0.6 is 0 Å². The van der Waals surface area contributed by atoms with Crippen LogP contribution in [0.25, 0.3) is 0 Å². The molecule has 1 amide bonds. The van der Waals surface area contributed by atoms with Gasteiger partial charge in [0.2, 0.25) is 0 Å². The SMILES string of the molecule is Cc1ccc(NC(=O)c2ccc(NCCCc3ccccc3)cn2)cc1. The standard InChI is InChI=1S/C22H23N3O/c1-17-9-11-19(12-10-17)25-22(26)21-14-13-20(16-24-21)23-15-5-8-18-6-3-2-4-7-18/h2-4,6-7,9-14,16,23H,5,8,15H2,1H3,(H,25,26). The molecule has 0 atom stereocenters. The third-order valence-corrected chi connectivity index (χ3v) is 4.12. The Bertz CT molecular complexity index is 828. The van der Waals surface area contributed by atoms with E-state index in [0.717, 1.165) is 36.3 Å². The average Bonchev–Trinajstić information content (AvgIpc) is 2.68. The third-order valence-electron chi connectivity index (χ3n) is 4.12. The van der Waals surface area contributed by atoms with Gasteiger partial charge in [-0.05, 0) is 49.6 Å². The quantitative estimate of drug-likeness (QED) is 0.611. The summed E-state index contributed by atoms with van der Waals surface area (Å²) in [6, 6.07) is 21.8. The highest BCUT2D eigenvalue weighted by Gasteiger charge is 2.07. The first-order valence-corrected chi connectivity index (χ1v) is 8.82. The number of benzene rings is 2. The molecule has 2 aromatic carbocycles. The topological polar surface area (TPSA) is 54.0 Å². The Morgan fingerprint density at radius 1 is 0.923 bits per heavy atom. The monoisotopic (exact) mass is 345 g/mol. The van der Waals surface area contributed by atoms with Crippen LogP contribution in [0.2, 0.25) is 0 Å². The molecule has 1 heterocycles. The highest BCUT2D eigenvalue weighted by molar-refractivity contribution is 6.02. The lowest BCUT2D eigenvalue weighted by molar-refractivity contribution is 0.102. The molecule has 4 heteroatoms. The van der Waals surface area contributed by atoms with Crippen LogP contribution in [0, 0.1) is 6.92 Å². The molecule has 0 spiro atoms. The van der Waals surface area contributed by atoms with Crippen molar-refractivity contribution in [3.63, 3.8) is 0 Å². The van der Waals surface area contributed by atoms with Gasteiger partial charge >= 0.3 is 0 Å². The van der Waals surface area contributed by atoms with Crippen LogP contribution in [0.5, 0.6) is 0 Å². The summed E-state index contributed by atoms with van der Waals surface area (Å²) in [5.74, 6) is -0.204. The second-order valence-electron chi connectivity index (χ2n) is 6.27. The van der Waals surface area contributed by atoms with E-state index < -0.39 is 0 Å². The minimum absolute atomic E-state index is 0.204. The van der Waals surface area contributed by atoms with E-state index in [1.165, 1.54) is 5.56 Å². The zero-order valence-electron chi connectivity index (χ0n) is 14.9. The first kappa shape index (κ1) is 17.7. The third kappa shape index (κ3) is 5.18. The predicted octanol–water partition coefficient (Wildman–Crippen LogP) is 4.69. The molecule has 1 aromatic heterocycles. The van der Waals surface area contributed by atoms with E-state index in [9.17, 15) is 4.79 Å². The number of nitrogens with zero attached hydrogens (tertiary/aromatic N) is 1. The van der Waals surface area contributed by atoms with Gasteiger partial charge in [-0.2, -0.15) is 0 Å². The fourth-order valence-corrected chi connectivity index (χ4v) is 2.63. The number of pyridine rings is 1. The summed E-state index contributed by atoms with van der Waals surface area (Å²) in [5.41, 5.74) is 4.59. The largest absolute Gasteiger partial charge is 0.384 e. The van der Waals surface area contributed by atoms with Gasteiger partial charge in [0.1, 0.15) is 5.69 Å². The number of rotatable bonds is 7. The average molecular weight is 345 g/mol. The molecule has 0 saturated heterocycles. The van der Waals surface area contributed by atoms with Crippen LogP contribution < -0.4 is 10.6 Å². The van der Waals surface area contributed by atoms with Crippen LogP contribution in [-0.4, -0.2) is 17.4 Å². The lowest BCUT2D eigenvalue weighted by atomic mass is 10.1. The van der Waals surface area contributed by atoms with Gasteiger partial charge in [-0.1, -0.05) is 48.0 Å². The maximum Gasteiger partial charge on any atom is 0.274 e. The Kier molecular flexibility index (Phi) is 5.99. The molecule has 0 bridgehead atoms. The molecule has 0 fully saturated rings. The van der Waals surface area contributed by atoms with Crippen molar-refractivity contribution >= 4 is 17.3 Å². The first-order valence-electron chi connectivity index (χ1n) is 8.82. The van der Waals surface area contributed by atoms with E-state index in [1.807, 2.05) is 43.3 Å². The van der Waals surface area contributed by atoms with Crippen molar-refractivity contribution in [2.45, 2.75) is 19.8 Å². The zero-order chi connectivity index (χ0) is 18.2. The van der Waals surface area contributed by atoms with Gasteiger partial charge in [0.25, 0.3) is 5.91 Å². The van der Waals surface area contributed by atoms with E-state index in [1.54, 1.807) is 12.3 Å². The molecule has 3 aromatic rings. The Balaban J connectivity index is 1.46. The molecule has 2 N–H and O–H groups in total. The molecule has 0 unspecified atom stereocenters. The summed E-state index contributed by atoms with van der Waals surface area (Å²) in [4.78, 5) is 16.5. The smallest absolute Gasteiger partial charge is 0.274 e. The van der Waals surface area contributed by atoms with Gasteiger partial charge in [0, 0.05) is 12.2 Å². The number of nitrogens with one attached hydrogen (secondary N) is 2. The summed E-state index contributed by atoms with van der Waals surface area (Å²) in [6.07, 6.45) is 3.78. The Hall–Kier alpha value is -3.14. The molecular formula is C22H23N3O. The molecule has 0 aliphatic heterocycles. The fourth-order valence-electron chi connectivity index (χ4n) is 2.63. The molecule has 0 radical (unpaired) electrons. The van der Waals surface area contributed by atoms with Crippen molar-refractivity contribution in [2.75, 3.05) is 17.2 Å². The van der Waals surface area contributed by atoms with Crippen LogP contribution in [-0.2, 0) is 6.42 Å². The predicted molar refractivity (Wildman–Crippen MR) is 107 cm³/mol. The molecule has 132 valence electrons. The Labute approximate surface area is 154 Å². The number of aromatic nitrogens is 1. The van der Waals surface area contributed by atoms with Gasteiger partial charge in [-0.15, -0.1) is 0 Å². The van der Waals surface area contributed by atoms with Crippen molar-refractivity contribution in [3.05, 3.63) is 89.7 Å². The second-order valence-corrected chi connectivity index (χ2v) is 6.27. The number of carbonyl (C=O) groups is 1. The number of amides is 1. The van der Waals surface area contributed by atoms with E-state index in [0.29, 0.717) is 5.69 Å². The van der Waals surface area contributed by atoms with Gasteiger partial charge in [0.15, 0.2) is 0 Å². The highest BCUT2D eigenvalue weighted by Crippen LogP contribution is 2.12. The minimum Gasteiger partial charge on any atom is -0.384 e. The molecule has 3 rings (SSSR count). The van der Waals surface area contributed by atoms with Gasteiger partial charge in [-0.3, -0.25) is 4.79 Å². The molecule has 0 aliphatic rings. The maximum atomic E-state index is 12.2. The highest BCUT2D eigenvalue weighted by atomic mass is 16.1. The summed E-state index contributed by atoms with van der Waals surface area (Å²) in [5, 5.41) is 6.20. The van der Waals surface area contributed by atoms with Crippen LogP contribution in [0.4, 0.5) is 11.4 Å². The molecular weight excluding hydrogens is 322 g/mol. The zero-order valence-corrected chi connectivity index (χ0v) is 14.9. The Morgan fingerprint density at radius 2 is 1.65 bits per heavy atom. The number of hydrogen-bond acceptors (Lipinski definition) is 3. The van der Waals surface area contributed by atoms with Crippen LogP contribution in [0.15, 0.2) is 72.9 Å². The van der Waals surface area contributed by atoms with Crippen molar-refractivity contribution in [3.8, 4) is 0 Å².